The molecule has 0 amide bonds. The van der Waals surface area contributed by atoms with Gasteiger partial charge in [-0.05, 0) is 6.42 Å². The highest BCUT2D eigenvalue weighted by molar-refractivity contribution is 5.60. The SMILES string of the molecule is CCCn1c(N)c(NCC2(O)CCOCC2)c(=O)[nH]c1=O. The number of hydrogen-bond donors (Lipinski definition) is 4. The van der Waals surface area contributed by atoms with Crippen LogP contribution in [-0.4, -0.2) is 40.0 Å². The first-order chi connectivity index (χ1) is 9.97. The molecule has 2 heterocycles. The number of rotatable bonds is 5. The van der Waals surface area contributed by atoms with E-state index < -0.39 is 16.9 Å². The van der Waals surface area contributed by atoms with Gasteiger partial charge >= 0.3 is 5.69 Å². The van der Waals surface area contributed by atoms with E-state index in [0.29, 0.717) is 32.6 Å². The van der Waals surface area contributed by atoms with Gasteiger partial charge in [0.05, 0.1) is 5.60 Å². The molecule has 0 bridgehead atoms. The summed E-state index contributed by atoms with van der Waals surface area (Å²) in [6.07, 6.45) is 1.70. The van der Waals surface area contributed by atoms with E-state index in [1.165, 1.54) is 4.57 Å². The van der Waals surface area contributed by atoms with Crippen molar-refractivity contribution in [1.29, 1.82) is 0 Å². The number of H-pyrrole nitrogens is 1. The second kappa shape index (κ2) is 6.31. The van der Waals surface area contributed by atoms with E-state index in [1.807, 2.05) is 6.92 Å². The molecule has 21 heavy (non-hydrogen) atoms. The van der Waals surface area contributed by atoms with Crippen LogP contribution in [0.15, 0.2) is 9.59 Å². The van der Waals surface area contributed by atoms with Gasteiger partial charge in [0.25, 0.3) is 5.56 Å². The van der Waals surface area contributed by atoms with Gasteiger partial charge in [0.15, 0.2) is 0 Å². The van der Waals surface area contributed by atoms with Crippen LogP contribution in [0.3, 0.4) is 0 Å². The lowest BCUT2D eigenvalue weighted by Gasteiger charge is -2.32. The van der Waals surface area contributed by atoms with Crippen LogP contribution in [-0.2, 0) is 11.3 Å². The van der Waals surface area contributed by atoms with E-state index in [2.05, 4.69) is 10.3 Å². The van der Waals surface area contributed by atoms with E-state index in [4.69, 9.17) is 10.5 Å². The van der Waals surface area contributed by atoms with Crippen molar-refractivity contribution in [2.45, 2.75) is 38.3 Å². The van der Waals surface area contributed by atoms with E-state index in [0.717, 1.165) is 6.42 Å². The minimum absolute atomic E-state index is 0.0984. The molecule has 5 N–H and O–H groups in total. The standard InChI is InChI=1S/C13H22N4O4/c1-2-5-17-10(14)9(11(18)16-12(17)19)15-8-13(20)3-6-21-7-4-13/h15,20H,2-8,14H2,1H3,(H,16,18,19). The number of nitrogens with two attached hydrogens (primary N) is 1. The van der Waals surface area contributed by atoms with Gasteiger partial charge in [-0.3, -0.25) is 14.3 Å². The number of nitrogens with zero attached hydrogens (tertiary/aromatic N) is 1. The van der Waals surface area contributed by atoms with Crippen molar-refractivity contribution in [3.8, 4) is 0 Å². The van der Waals surface area contributed by atoms with Crippen molar-refractivity contribution >= 4 is 11.5 Å². The Bertz CT molecular complexity index is 601. The summed E-state index contributed by atoms with van der Waals surface area (Å²) in [5.74, 6) is 0.0984. The molecule has 8 nitrogen and oxygen atoms in total. The predicted octanol–water partition coefficient (Wildman–Crippen LogP) is -0.518. The summed E-state index contributed by atoms with van der Waals surface area (Å²) >= 11 is 0. The van der Waals surface area contributed by atoms with Gasteiger partial charge in [0.1, 0.15) is 11.5 Å². The summed E-state index contributed by atoms with van der Waals surface area (Å²) in [5, 5.41) is 13.3. The molecule has 0 atom stereocenters. The van der Waals surface area contributed by atoms with Gasteiger partial charge in [-0.1, -0.05) is 6.92 Å². The Hall–Kier alpha value is -1.80. The molecular formula is C13H22N4O4. The van der Waals surface area contributed by atoms with Crippen molar-refractivity contribution in [3.05, 3.63) is 20.8 Å². The van der Waals surface area contributed by atoms with Crippen molar-refractivity contribution < 1.29 is 9.84 Å². The fourth-order valence-electron chi connectivity index (χ4n) is 2.39. The van der Waals surface area contributed by atoms with Crippen molar-refractivity contribution in [2.75, 3.05) is 30.8 Å². The second-order valence-corrected chi connectivity index (χ2v) is 5.36. The smallest absolute Gasteiger partial charge is 0.330 e. The normalized spacial score (nSPS) is 17.6. The zero-order chi connectivity index (χ0) is 15.5. The van der Waals surface area contributed by atoms with Crippen LogP contribution >= 0.6 is 0 Å². The molecule has 8 heteroatoms. The van der Waals surface area contributed by atoms with Crippen LogP contribution < -0.4 is 22.3 Å². The summed E-state index contributed by atoms with van der Waals surface area (Å²) in [4.78, 5) is 25.8. The van der Waals surface area contributed by atoms with Gasteiger partial charge in [-0.15, -0.1) is 0 Å². The van der Waals surface area contributed by atoms with Gasteiger partial charge in [-0.2, -0.15) is 0 Å². The molecule has 2 rings (SSSR count). The maximum absolute atomic E-state index is 11.9. The van der Waals surface area contributed by atoms with Crippen LogP contribution in [0.5, 0.6) is 0 Å². The number of hydrogen-bond acceptors (Lipinski definition) is 6. The zero-order valence-electron chi connectivity index (χ0n) is 12.1. The Labute approximate surface area is 121 Å². The summed E-state index contributed by atoms with van der Waals surface area (Å²) in [6, 6.07) is 0. The molecule has 0 aliphatic carbocycles. The highest BCUT2D eigenvalue weighted by atomic mass is 16.5. The average molecular weight is 298 g/mol. The van der Waals surface area contributed by atoms with E-state index in [9.17, 15) is 14.7 Å². The molecule has 1 aliphatic rings. The Morgan fingerprint density at radius 1 is 1.43 bits per heavy atom. The topological polar surface area (TPSA) is 122 Å². The van der Waals surface area contributed by atoms with Gasteiger partial charge < -0.3 is 20.9 Å². The van der Waals surface area contributed by atoms with Crippen LogP contribution in [0.4, 0.5) is 11.5 Å². The molecule has 0 unspecified atom stereocenters. The molecule has 0 spiro atoms. The highest BCUT2D eigenvalue weighted by Crippen LogP contribution is 2.21. The van der Waals surface area contributed by atoms with Crippen LogP contribution in [0.2, 0.25) is 0 Å². The van der Waals surface area contributed by atoms with Crippen molar-refractivity contribution in [2.24, 2.45) is 0 Å². The number of anilines is 2. The number of aliphatic hydroxyl groups is 1. The maximum atomic E-state index is 11.9. The minimum Gasteiger partial charge on any atom is -0.388 e. The minimum atomic E-state index is -0.928. The quantitative estimate of drug-likeness (QED) is 0.580. The number of ether oxygens (including phenoxy) is 1. The fraction of sp³-hybridized carbons (Fsp3) is 0.692. The zero-order valence-corrected chi connectivity index (χ0v) is 12.1. The van der Waals surface area contributed by atoms with Gasteiger partial charge in [-0.25, -0.2) is 4.79 Å². The third-order valence-corrected chi connectivity index (χ3v) is 3.70. The molecule has 1 fully saturated rings. The van der Waals surface area contributed by atoms with E-state index in [1.54, 1.807) is 0 Å². The lowest BCUT2D eigenvalue weighted by molar-refractivity contribution is -0.0543. The van der Waals surface area contributed by atoms with Crippen molar-refractivity contribution in [3.63, 3.8) is 0 Å². The molecule has 0 saturated carbocycles. The van der Waals surface area contributed by atoms with E-state index >= 15 is 0 Å². The van der Waals surface area contributed by atoms with Crippen LogP contribution in [0.25, 0.3) is 0 Å². The lowest BCUT2D eigenvalue weighted by atomic mass is 9.94. The fourth-order valence-corrected chi connectivity index (χ4v) is 2.39. The van der Waals surface area contributed by atoms with Crippen LogP contribution in [0.1, 0.15) is 26.2 Å². The molecule has 0 radical (unpaired) electrons. The molecule has 1 aliphatic heterocycles. The Morgan fingerprint density at radius 3 is 2.71 bits per heavy atom. The van der Waals surface area contributed by atoms with Gasteiger partial charge in [0.2, 0.25) is 0 Å². The Balaban J connectivity index is 2.21. The highest BCUT2D eigenvalue weighted by Gasteiger charge is 2.30. The Kier molecular flexibility index (Phi) is 4.69. The molecule has 118 valence electrons. The summed E-state index contributed by atoms with van der Waals surface area (Å²) in [5.41, 5.74) is 4.02. The number of nitrogens with one attached hydrogen (secondary N) is 2. The molecule has 1 aromatic heterocycles. The summed E-state index contributed by atoms with van der Waals surface area (Å²) in [7, 11) is 0. The first kappa shape index (κ1) is 15.6. The first-order valence-electron chi connectivity index (χ1n) is 7.13. The number of nitrogen functional groups attached to an aromatic ring is 1. The molecule has 1 saturated heterocycles. The summed E-state index contributed by atoms with van der Waals surface area (Å²) < 4.78 is 6.52. The average Bonchev–Trinajstić information content (AvgIpc) is 2.44. The summed E-state index contributed by atoms with van der Waals surface area (Å²) in [6.45, 7) is 3.50. The first-order valence-corrected chi connectivity index (χ1v) is 7.13. The number of aromatic amines is 1. The molecular weight excluding hydrogens is 276 g/mol. The largest absolute Gasteiger partial charge is 0.388 e. The third kappa shape index (κ3) is 3.45. The number of aromatic nitrogens is 2. The molecule has 0 aromatic carbocycles. The maximum Gasteiger partial charge on any atom is 0.330 e. The second-order valence-electron chi connectivity index (χ2n) is 5.36. The molecule has 1 aromatic rings. The van der Waals surface area contributed by atoms with Crippen LogP contribution in [0, 0.1) is 0 Å². The lowest BCUT2D eigenvalue weighted by Crippen LogP contribution is -2.43. The predicted molar refractivity (Wildman–Crippen MR) is 79.5 cm³/mol. The monoisotopic (exact) mass is 298 g/mol. The third-order valence-electron chi connectivity index (χ3n) is 3.70. The Morgan fingerprint density at radius 2 is 2.10 bits per heavy atom. The van der Waals surface area contributed by atoms with E-state index in [-0.39, 0.29) is 18.1 Å². The van der Waals surface area contributed by atoms with Gasteiger partial charge in [0, 0.05) is 39.1 Å². The van der Waals surface area contributed by atoms with Crippen molar-refractivity contribution in [1.82, 2.24) is 9.55 Å².